The third-order valence-electron chi connectivity index (χ3n) is 6.39. The van der Waals surface area contributed by atoms with Crippen molar-refractivity contribution in [1.82, 2.24) is 0 Å². The van der Waals surface area contributed by atoms with E-state index in [1.54, 1.807) is 16.7 Å². The van der Waals surface area contributed by atoms with Crippen LogP contribution in [0.2, 0.25) is 0 Å². The third kappa shape index (κ3) is 2.02. The van der Waals surface area contributed by atoms with E-state index in [2.05, 4.69) is 88.4 Å². The molecule has 2 aliphatic rings. The minimum absolute atomic E-state index is 0.0592. The maximum Gasteiger partial charge on any atom is 0.0429 e. The average Bonchev–Trinajstić information content (AvgIpc) is 3.14. The van der Waals surface area contributed by atoms with Gasteiger partial charge < -0.3 is 0 Å². The van der Waals surface area contributed by atoms with Crippen molar-refractivity contribution in [1.29, 1.82) is 0 Å². The summed E-state index contributed by atoms with van der Waals surface area (Å²) in [5, 5.41) is 0. The first-order chi connectivity index (χ1) is 12.7. The molecule has 0 saturated carbocycles. The molecule has 2 aromatic rings. The Morgan fingerprint density at radius 1 is 0.808 bits per heavy atom. The van der Waals surface area contributed by atoms with E-state index >= 15 is 0 Å². The summed E-state index contributed by atoms with van der Waals surface area (Å²) in [6, 6.07) is 20.1. The first-order valence-electron chi connectivity index (χ1n) is 10.0. The normalized spacial score (nSPS) is 23.0. The Morgan fingerprint density at radius 2 is 1.46 bits per heavy atom. The van der Waals surface area contributed by atoms with Crippen LogP contribution in [0.1, 0.15) is 63.6 Å². The van der Waals surface area contributed by atoms with Gasteiger partial charge >= 0.3 is 0 Å². The van der Waals surface area contributed by atoms with E-state index < -0.39 is 0 Å². The lowest BCUT2D eigenvalue weighted by Gasteiger charge is -2.32. The van der Waals surface area contributed by atoms with Crippen molar-refractivity contribution in [3.8, 4) is 0 Å². The summed E-state index contributed by atoms with van der Waals surface area (Å²) in [6.07, 6.45) is 5.70. The van der Waals surface area contributed by atoms with E-state index in [4.69, 9.17) is 0 Å². The second-order valence-electron chi connectivity index (χ2n) is 7.29. The van der Waals surface area contributed by atoms with E-state index in [1.165, 1.54) is 27.8 Å². The number of rotatable bonds is 4. The standard InChI is InChI=1S/C26H28/c1-5-19-22(6-2)26(8-4)23(7-3)20-16-12-13-17-21(20)25(26)24(19)18-14-10-9-11-15-18/h7,9-17H,5-6,8H2,1-4H3/b23-7+. The van der Waals surface area contributed by atoms with Crippen LogP contribution in [0.3, 0.4) is 0 Å². The highest BCUT2D eigenvalue weighted by Gasteiger charge is 2.52. The van der Waals surface area contributed by atoms with Crippen LogP contribution in [0.5, 0.6) is 0 Å². The summed E-state index contributed by atoms with van der Waals surface area (Å²) < 4.78 is 0. The third-order valence-corrected chi connectivity index (χ3v) is 6.39. The van der Waals surface area contributed by atoms with Crippen LogP contribution in [-0.2, 0) is 0 Å². The zero-order chi connectivity index (χ0) is 18.3. The Morgan fingerprint density at radius 3 is 2.04 bits per heavy atom. The van der Waals surface area contributed by atoms with Gasteiger partial charge in [-0.2, -0.15) is 0 Å². The van der Waals surface area contributed by atoms with Crippen LogP contribution in [0, 0.1) is 5.41 Å². The Bertz CT molecular complexity index is 937. The van der Waals surface area contributed by atoms with Gasteiger partial charge in [-0.3, -0.25) is 0 Å². The summed E-state index contributed by atoms with van der Waals surface area (Å²) in [5.41, 5.74) is 12.1. The van der Waals surface area contributed by atoms with E-state index in [-0.39, 0.29) is 5.41 Å². The number of hydrogen-bond acceptors (Lipinski definition) is 0. The fraction of sp³-hybridized carbons (Fsp3) is 0.308. The molecule has 0 N–H and O–H groups in total. The van der Waals surface area contributed by atoms with Crippen molar-refractivity contribution in [2.45, 2.75) is 47.0 Å². The molecule has 132 valence electrons. The lowest BCUT2D eigenvalue weighted by atomic mass is 9.70. The maximum absolute atomic E-state index is 2.37. The van der Waals surface area contributed by atoms with Gasteiger partial charge in [0.2, 0.25) is 0 Å². The van der Waals surface area contributed by atoms with Crippen LogP contribution in [0.15, 0.2) is 71.8 Å². The molecule has 2 aromatic carbocycles. The Hall–Kier alpha value is -2.34. The van der Waals surface area contributed by atoms with Crippen LogP contribution in [-0.4, -0.2) is 0 Å². The van der Waals surface area contributed by atoms with Gasteiger partial charge in [0.1, 0.15) is 0 Å². The molecule has 0 saturated heterocycles. The highest BCUT2D eigenvalue weighted by Crippen LogP contribution is 2.68. The van der Waals surface area contributed by atoms with Crippen molar-refractivity contribution < 1.29 is 0 Å². The van der Waals surface area contributed by atoms with Gasteiger partial charge in [0.15, 0.2) is 0 Å². The predicted molar refractivity (Wildman–Crippen MR) is 114 cm³/mol. The molecule has 0 heterocycles. The molecular weight excluding hydrogens is 312 g/mol. The highest BCUT2D eigenvalue weighted by molar-refractivity contribution is 6.15. The Labute approximate surface area is 158 Å². The number of fused-ring (bicyclic) bond motifs is 3. The fourth-order valence-corrected chi connectivity index (χ4v) is 5.56. The molecule has 2 aliphatic carbocycles. The fourth-order valence-electron chi connectivity index (χ4n) is 5.56. The molecule has 0 aliphatic heterocycles. The minimum atomic E-state index is 0.0592. The lowest BCUT2D eigenvalue weighted by molar-refractivity contribution is 0.597. The first kappa shape index (κ1) is 17.1. The molecular formula is C26H28. The van der Waals surface area contributed by atoms with Crippen molar-refractivity contribution in [2.24, 2.45) is 5.41 Å². The summed E-state index contributed by atoms with van der Waals surface area (Å²) in [5.74, 6) is 0. The minimum Gasteiger partial charge on any atom is -0.0826 e. The molecule has 0 nitrogen and oxygen atoms in total. The first-order valence-corrected chi connectivity index (χ1v) is 10.0. The molecule has 1 unspecified atom stereocenters. The van der Waals surface area contributed by atoms with Crippen molar-refractivity contribution in [3.05, 3.63) is 88.5 Å². The van der Waals surface area contributed by atoms with E-state index in [9.17, 15) is 0 Å². The molecule has 1 atom stereocenters. The monoisotopic (exact) mass is 340 g/mol. The Kier molecular flexibility index (Phi) is 4.23. The molecule has 0 heteroatoms. The second-order valence-corrected chi connectivity index (χ2v) is 7.29. The predicted octanol–water partition coefficient (Wildman–Crippen LogP) is 7.54. The smallest absolute Gasteiger partial charge is 0.0429 e. The summed E-state index contributed by atoms with van der Waals surface area (Å²) in [4.78, 5) is 0. The van der Waals surface area contributed by atoms with Crippen molar-refractivity contribution in [2.75, 3.05) is 0 Å². The van der Waals surface area contributed by atoms with Gasteiger partial charge in [0.05, 0.1) is 0 Å². The second kappa shape index (κ2) is 6.43. The van der Waals surface area contributed by atoms with Gasteiger partial charge in [-0.25, -0.2) is 0 Å². The molecule has 0 radical (unpaired) electrons. The van der Waals surface area contributed by atoms with Crippen molar-refractivity contribution in [3.63, 3.8) is 0 Å². The summed E-state index contributed by atoms with van der Waals surface area (Å²) >= 11 is 0. The largest absolute Gasteiger partial charge is 0.0826 e. The lowest BCUT2D eigenvalue weighted by Crippen LogP contribution is -2.19. The van der Waals surface area contributed by atoms with Crippen LogP contribution < -0.4 is 0 Å². The number of allylic oxidation sites excluding steroid dienone is 6. The van der Waals surface area contributed by atoms with Gasteiger partial charge in [0, 0.05) is 5.41 Å². The van der Waals surface area contributed by atoms with Crippen LogP contribution >= 0.6 is 0 Å². The highest BCUT2D eigenvalue weighted by atomic mass is 14.5. The topological polar surface area (TPSA) is 0 Å². The molecule has 0 spiro atoms. The van der Waals surface area contributed by atoms with E-state index in [0.717, 1.165) is 19.3 Å². The maximum atomic E-state index is 2.37. The molecule has 0 bridgehead atoms. The SMILES string of the molecule is C/C=C1\c2ccccc2C2=C(c3ccccc3)C(CC)=C(CC)C21CC. The average molecular weight is 341 g/mol. The van der Waals surface area contributed by atoms with Gasteiger partial charge in [-0.1, -0.05) is 87.0 Å². The quantitative estimate of drug-likeness (QED) is 0.539. The van der Waals surface area contributed by atoms with Gasteiger partial charge in [-0.15, -0.1) is 0 Å². The summed E-state index contributed by atoms with van der Waals surface area (Å²) in [6.45, 7) is 9.24. The molecule has 4 rings (SSSR count). The Balaban J connectivity index is 2.17. The number of hydrogen-bond donors (Lipinski definition) is 0. The van der Waals surface area contributed by atoms with Crippen molar-refractivity contribution >= 4 is 16.7 Å². The van der Waals surface area contributed by atoms with Crippen LogP contribution in [0.4, 0.5) is 0 Å². The van der Waals surface area contributed by atoms with Gasteiger partial charge in [-0.05, 0) is 65.2 Å². The van der Waals surface area contributed by atoms with Crippen LogP contribution in [0.25, 0.3) is 16.7 Å². The number of benzene rings is 2. The molecule has 0 aromatic heterocycles. The molecule has 0 fully saturated rings. The zero-order valence-corrected chi connectivity index (χ0v) is 16.4. The van der Waals surface area contributed by atoms with Gasteiger partial charge in [0.25, 0.3) is 0 Å². The van der Waals surface area contributed by atoms with E-state index in [1.807, 2.05) is 0 Å². The van der Waals surface area contributed by atoms with E-state index in [0.29, 0.717) is 0 Å². The molecule has 0 amide bonds. The zero-order valence-electron chi connectivity index (χ0n) is 16.4. The molecule has 26 heavy (non-hydrogen) atoms. The summed E-state index contributed by atoms with van der Waals surface area (Å²) in [7, 11) is 0.